The van der Waals surface area contributed by atoms with E-state index in [4.69, 9.17) is 0 Å². The lowest BCUT2D eigenvalue weighted by Gasteiger charge is -2.13. The first-order chi connectivity index (χ1) is 29.3. The molecule has 4 nitrogen and oxygen atoms in total. The SMILES string of the molecule is CCCCCCc1cc(C#Cc2cc(CCCCCC)c(C#Cc3ccc(C(=O)O)cc3)cc2CCCCCC)c(CCCCCC)cc1C#Cc1ccc(C(=O)O)cc1. The van der Waals surface area contributed by atoms with Gasteiger partial charge < -0.3 is 10.2 Å². The molecule has 0 saturated carbocycles. The Bertz CT molecular complexity index is 2020. The fraction of sp³-hybridized carbons (Fsp3) is 0.429. The van der Waals surface area contributed by atoms with Crippen molar-refractivity contribution in [2.24, 2.45) is 0 Å². The Hall–Kier alpha value is -5.50. The minimum absolute atomic E-state index is 0.259. The maximum atomic E-state index is 11.4. The van der Waals surface area contributed by atoms with E-state index in [1.165, 1.54) is 99.3 Å². The number of benzene rings is 4. The van der Waals surface area contributed by atoms with E-state index in [0.717, 1.165) is 84.7 Å². The Labute approximate surface area is 361 Å². The topological polar surface area (TPSA) is 74.6 Å². The molecule has 314 valence electrons. The first kappa shape index (κ1) is 47.2. The second-order valence-corrected chi connectivity index (χ2v) is 16.1. The number of carboxylic acids is 2. The highest BCUT2D eigenvalue weighted by molar-refractivity contribution is 5.88. The van der Waals surface area contributed by atoms with Crippen LogP contribution in [0.4, 0.5) is 0 Å². The van der Waals surface area contributed by atoms with E-state index in [1.807, 2.05) is 0 Å². The van der Waals surface area contributed by atoms with Crippen LogP contribution in [0.2, 0.25) is 0 Å². The molecule has 4 aromatic rings. The maximum Gasteiger partial charge on any atom is 0.335 e. The number of carbonyl (C=O) groups is 2. The molecule has 2 N–H and O–H groups in total. The van der Waals surface area contributed by atoms with Gasteiger partial charge in [0, 0.05) is 33.4 Å². The maximum absolute atomic E-state index is 11.4. The quantitative estimate of drug-likeness (QED) is 0.0613. The average molecular weight is 803 g/mol. The van der Waals surface area contributed by atoms with E-state index >= 15 is 0 Å². The predicted molar refractivity (Wildman–Crippen MR) is 249 cm³/mol. The summed E-state index contributed by atoms with van der Waals surface area (Å²) in [7, 11) is 0. The zero-order chi connectivity index (χ0) is 43.0. The largest absolute Gasteiger partial charge is 0.478 e. The molecule has 0 aliphatic rings. The van der Waals surface area contributed by atoms with Gasteiger partial charge in [-0.15, -0.1) is 0 Å². The highest BCUT2D eigenvalue weighted by Gasteiger charge is 2.12. The van der Waals surface area contributed by atoms with Gasteiger partial charge in [-0.3, -0.25) is 0 Å². The van der Waals surface area contributed by atoms with Gasteiger partial charge in [-0.05, 0) is 146 Å². The number of rotatable bonds is 22. The van der Waals surface area contributed by atoms with Crippen molar-refractivity contribution in [2.75, 3.05) is 0 Å². The van der Waals surface area contributed by atoms with Crippen LogP contribution >= 0.6 is 0 Å². The molecule has 0 aliphatic carbocycles. The minimum atomic E-state index is -0.938. The lowest BCUT2D eigenvalue weighted by atomic mass is 9.90. The smallest absolute Gasteiger partial charge is 0.335 e. The number of aromatic carboxylic acids is 2. The average Bonchev–Trinajstić information content (AvgIpc) is 3.26. The Morgan fingerprint density at radius 2 is 0.617 bits per heavy atom. The summed E-state index contributed by atoms with van der Waals surface area (Å²) in [6.07, 6.45) is 22.4. The summed E-state index contributed by atoms with van der Waals surface area (Å²) in [5.41, 5.74) is 11.3. The molecular weight excluding hydrogens is 737 g/mol. The molecule has 0 aromatic heterocycles. The summed E-state index contributed by atoms with van der Waals surface area (Å²) in [6.45, 7) is 8.97. The van der Waals surface area contributed by atoms with Crippen LogP contribution in [0.5, 0.6) is 0 Å². The van der Waals surface area contributed by atoms with Gasteiger partial charge in [-0.2, -0.15) is 0 Å². The van der Waals surface area contributed by atoms with Gasteiger partial charge in [-0.1, -0.05) is 140 Å². The van der Waals surface area contributed by atoms with E-state index in [1.54, 1.807) is 48.5 Å². The van der Waals surface area contributed by atoms with Crippen molar-refractivity contribution < 1.29 is 19.8 Å². The van der Waals surface area contributed by atoms with Gasteiger partial charge in [0.2, 0.25) is 0 Å². The summed E-state index contributed by atoms with van der Waals surface area (Å²) >= 11 is 0. The fourth-order valence-corrected chi connectivity index (χ4v) is 7.45. The van der Waals surface area contributed by atoms with Crippen LogP contribution in [0.25, 0.3) is 0 Å². The first-order valence-corrected chi connectivity index (χ1v) is 22.8. The number of carboxylic acid groups (broad SMARTS) is 2. The molecule has 0 radical (unpaired) electrons. The second kappa shape index (κ2) is 26.6. The highest BCUT2D eigenvalue weighted by atomic mass is 16.4. The van der Waals surface area contributed by atoms with Crippen LogP contribution in [-0.2, 0) is 25.7 Å². The van der Waals surface area contributed by atoms with Crippen molar-refractivity contribution in [3.63, 3.8) is 0 Å². The molecule has 0 aliphatic heterocycles. The van der Waals surface area contributed by atoms with Crippen LogP contribution in [0, 0.1) is 35.5 Å². The molecule has 60 heavy (non-hydrogen) atoms. The molecule has 4 heteroatoms. The van der Waals surface area contributed by atoms with Crippen LogP contribution in [0.3, 0.4) is 0 Å². The molecule has 0 bridgehead atoms. The van der Waals surface area contributed by atoms with Crippen molar-refractivity contribution in [3.8, 4) is 35.5 Å². The molecule has 0 atom stereocenters. The Kier molecular flexibility index (Phi) is 20.9. The highest BCUT2D eigenvalue weighted by Crippen LogP contribution is 2.25. The fourth-order valence-electron chi connectivity index (χ4n) is 7.45. The van der Waals surface area contributed by atoms with Crippen LogP contribution in [0.1, 0.15) is 207 Å². The minimum Gasteiger partial charge on any atom is -0.478 e. The van der Waals surface area contributed by atoms with Gasteiger partial charge in [0.25, 0.3) is 0 Å². The Balaban J connectivity index is 1.84. The van der Waals surface area contributed by atoms with Crippen LogP contribution < -0.4 is 0 Å². The number of hydrogen-bond donors (Lipinski definition) is 2. The molecule has 0 unspecified atom stereocenters. The first-order valence-electron chi connectivity index (χ1n) is 22.8. The van der Waals surface area contributed by atoms with Crippen molar-refractivity contribution >= 4 is 11.9 Å². The molecule has 0 amide bonds. The summed E-state index contributed by atoms with van der Waals surface area (Å²) in [6, 6.07) is 22.8. The standard InChI is InChI=1S/C56H66O4/c1-5-9-13-17-21-47-41-53(49(23-19-15-11-7-3)39-51(47)35-29-43-25-31-45(32-26-43)55(57)58)37-38-54-42-48(22-18-14-10-6-2)52(40-50(54)24-20-16-12-8-4)36-30-44-27-33-46(34-28-44)56(59)60/h25-28,31-34,39-42H,5-24H2,1-4H3,(H,57,58)(H,59,60). The van der Waals surface area contributed by atoms with Gasteiger partial charge in [0.15, 0.2) is 0 Å². The van der Waals surface area contributed by atoms with E-state index in [-0.39, 0.29) is 11.1 Å². The van der Waals surface area contributed by atoms with Gasteiger partial charge in [-0.25, -0.2) is 9.59 Å². The molecule has 0 heterocycles. The van der Waals surface area contributed by atoms with Crippen molar-refractivity contribution in [1.29, 1.82) is 0 Å². The van der Waals surface area contributed by atoms with Gasteiger partial charge in [0.1, 0.15) is 0 Å². The molecular formula is C56H66O4. The monoisotopic (exact) mass is 802 g/mol. The van der Waals surface area contributed by atoms with E-state index in [2.05, 4.69) is 87.5 Å². The number of unbranched alkanes of at least 4 members (excludes halogenated alkanes) is 12. The summed E-state index contributed by atoms with van der Waals surface area (Å²) in [5.74, 6) is 19.2. The third-order valence-corrected chi connectivity index (χ3v) is 11.1. The molecule has 0 spiro atoms. The predicted octanol–water partition coefficient (Wildman–Crippen LogP) is 13.8. The van der Waals surface area contributed by atoms with Crippen molar-refractivity contribution in [1.82, 2.24) is 0 Å². The van der Waals surface area contributed by atoms with Gasteiger partial charge >= 0.3 is 11.9 Å². The van der Waals surface area contributed by atoms with Crippen molar-refractivity contribution in [2.45, 2.75) is 156 Å². The molecule has 4 aromatic carbocycles. The zero-order valence-electron chi connectivity index (χ0n) is 36.8. The third kappa shape index (κ3) is 15.9. The Morgan fingerprint density at radius 3 is 0.850 bits per heavy atom. The van der Waals surface area contributed by atoms with E-state index in [0.29, 0.717) is 0 Å². The molecule has 0 saturated heterocycles. The zero-order valence-corrected chi connectivity index (χ0v) is 36.8. The summed E-state index contributed by atoms with van der Waals surface area (Å²) in [4.78, 5) is 22.9. The second-order valence-electron chi connectivity index (χ2n) is 16.1. The number of hydrogen-bond acceptors (Lipinski definition) is 2. The van der Waals surface area contributed by atoms with E-state index in [9.17, 15) is 19.8 Å². The van der Waals surface area contributed by atoms with Crippen LogP contribution in [0.15, 0.2) is 72.8 Å². The lowest BCUT2D eigenvalue weighted by Crippen LogP contribution is -2.01. The Morgan fingerprint density at radius 1 is 0.367 bits per heavy atom. The van der Waals surface area contributed by atoms with E-state index < -0.39 is 11.9 Å². The molecule has 0 fully saturated rings. The summed E-state index contributed by atoms with van der Waals surface area (Å²) < 4.78 is 0. The van der Waals surface area contributed by atoms with Gasteiger partial charge in [0.05, 0.1) is 11.1 Å². The number of aryl methyl sites for hydroxylation is 4. The lowest BCUT2D eigenvalue weighted by molar-refractivity contribution is 0.0686. The van der Waals surface area contributed by atoms with Crippen LogP contribution in [-0.4, -0.2) is 22.2 Å². The third-order valence-electron chi connectivity index (χ3n) is 11.1. The summed E-state index contributed by atoms with van der Waals surface area (Å²) in [5, 5.41) is 18.8. The van der Waals surface area contributed by atoms with Crippen molar-refractivity contribution in [3.05, 3.63) is 140 Å². The normalized spacial score (nSPS) is 10.5. The molecule has 4 rings (SSSR count).